The van der Waals surface area contributed by atoms with Gasteiger partial charge in [-0.1, -0.05) is 28.1 Å². The molecule has 1 heterocycles. The van der Waals surface area contributed by atoms with Crippen LogP contribution in [0.2, 0.25) is 0 Å². The van der Waals surface area contributed by atoms with E-state index in [4.69, 9.17) is 4.42 Å². The Labute approximate surface area is 149 Å². The third-order valence-electron chi connectivity index (χ3n) is 4.06. The zero-order valence-electron chi connectivity index (χ0n) is 13.8. The Balaban J connectivity index is 1.82. The molecule has 0 unspecified atom stereocenters. The number of carbonyl (C=O) groups is 1. The van der Waals surface area contributed by atoms with Crippen LogP contribution in [0.4, 0.5) is 5.69 Å². The molecule has 2 aromatic carbocycles. The Hall–Kier alpha value is -2.33. The van der Waals surface area contributed by atoms with Crippen molar-refractivity contribution >= 4 is 27.5 Å². The van der Waals surface area contributed by atoms with Crippen molar-refractivity contribution in [1.82, 2.24) is 0 Å². The molecule has 3 rings (SSSR count). The average Bonchev–Trinajstić information content (AvgIpc) is 3.03. The van der Waals surface area contributed by atoms with E-state index in [9.17, 15) is 4.79 Å². The van der Waals surface area contributed by atoms with Gasteiger partial charge in [0.25, 0.3) is 5.91 Å². The minimum Gasteiger partial charge on any atom is -0.451 e. The SMILES string of the molecule is Cc1ccc(-c2ccc(C(=O)Nc3ccc(Br)cc3C)o2)cc1C. The van der Waals surface area contributed by atoms with E-state index in [0.29, 0.717) is 11.5 Å². The molecule has 3 nitrogen and oxygen atoms in total. The molecule has 0 aliphatic heterocycles. The number of benzene rings is 2. The van der Waals surface area contributed by atoms with Crippen LogP contribution in [0.15, 0.2) is 57.4 Å². The highest BCUT2D eigenvalue weighted by atomic mass is 79.9. The van der Waals surface area contributed by atoms with Crippen molar-refractivity contribution in [3.05, 3.63) is 75.5 Å². The second kappa shape index (κ2) is 6.65. The fourth-order valence-corrected chi connectivity index (χ4v) is 2.94. The van der Waals surface area contributed by atoms with Crippen LogP contribution >= 0.6 is 15.9 Å². The lowest BCUT2D eigenvalue weighted by Gasteiger charge is -2.07. The van der Waals surface area contributed by atoms with E-state index in [1.165, 1.54) is 11.1 Å². The van der Waals surface area contributed by atoms with Crippen molar-refractivity contribution < 1.29 is 9.21 Å². The molecule has 0 fully saturated rings. The van der Waals surface area contributed by atoms with Crippen LogP contribution in [0, 0.1) is 20.8 Å². The van der Waals surface area contributed by atoms with Crippen molar-refractivity contribution in [3.63, 3.8) is 0 Å². The van der Waals surface area contributed by atoms with Crippen LogP contribution in [0.3, 0.4) is 0 Å². The molecule has 3 aromatic rings. The summed E-state index contributed by atoms with van der Waals surface area (Å²) in [6.07, 6.45) is 0. The predicted molar refractivity (Wildman–Crippen MR) is 100 cm³/mol. The minimum absolute atomic E-state index is 0.254. The number of hydrogen-bond donors (Lipinski definition) is 1. The van der Waals surface area contributed by atoms with Crippen LogP contribution in [-0.2, 0) is 0 Å². The molecule has 122 valence electrons. The zero-order chi connectivity index (χ0) is 17.3. The Morgan fingerprint density at radius 2 is 1.71 bits per heavy atom. The summed E-state index contributed by atoms with van der Waals surface area (Å²) in [6.45, 7) is 6.08. The molecule has 1 aromatic heterocycles. The molecule has 0 atom stereocenters. The zero-order valence-corrected chi connectivity index (χ0v) is 15.4. The van der Waals surface area contributed by atoms with E-state index in [1.54, 1.807) is 6.07 Å². The second-order valence-corrected chi connectivity index (χ2v) is 6.79. The summed E-state index contributed by atoms with van der Waals surface area (Å²) in [5.74, 6) is 0.733. The number of amides is 1. The van der Waals surface area contributed by atoms with Gasteiger partial charge in [-0.05, 0) is 73.9 Å². The number of carbonyl (C=O) groups excluding carboxylic acids is 1. The molecule has 24 heavy (non-hydrogen) atoms. The molecule has 0 radical (unpaired) electrons. The molecule has 0 bridgehead atoms. The lowest BCUT2D eigenvalue weighted by Crippen LogP contribution is -2.11. The maximum Gasteiger partial charge on any atom is 0.291 e. The summed E-state index contributed by atoms with van der Waals surface area (Å²) in [4.78, 5) is 12.4. The number of nitrogens with one attached hydrogen (secondary N) is 1. The van der Waals surface area contributed by atoms with Crippen molar-refractivity contribution in [2.45, 2.75) is 20.8 Å². The Kier molecular flexibility index (Phi) is 4.58. The Bertz CT molecular complexity index is 912. The van der Waals surface area contributed by atoms with Crippen LogP contribution in [0.1, 0.15) is 27.2 Å². The molecule has 0 aliphatic carbocycles. The lowest BCUT2D eigenvalue weighted by atomic mass is 10.1. The van der Waals surface area contributed by atoms with Gasteiger partial charge in [0, 0.05) is 15.7 Å². The van der Waals surface area contributed by atoms with Crippen molar-refractivity contribution in [2.24, 2.45) is 0 Å². The van der Waals surface area contributed by atoms with E-state index in [1.807, 2.05) is 37.3 Å². The van der Waals surface area contributed by atoms with Gasteiger partial charge in [0.1, 0.15) is 5.76 Å². The summed E-state index contributed by atoms with van der Waals surface area (Å²) >= 11 is 3.42. The molecule has 0 saturated heterocycles. The molecule has 0 aliphatic rings. The van der Waals surface area contributed by atoms with Gasteiger partial charge in [-0.15, -0.1) is 0 Å². The van der Waals surface area contributed by atoms with Gasteiger partial charge in [0.05, 0.1) is 0 Å². The summed E-state index contributed by atoms with van der Waals surface area (Å²) in [7, 11) is 0. The Morgan fingerprint density at radius 1 is 0.917 bits per heavy atom. The first kappa shape index (κ1) is 16.5. The first-order valence-corrected chi connectivity index (χ1v) is 8.48. The van der Waals surface area contributed by atoms with Crippen LogP contribution in [0.5, 0.6) is 0 Å². The predicted octanol–water partition coefficient (Wildman–Crippen LogP) is 5.89. The van der Waals surface area contributed by atoms with E-state index >= 15 is 0 Å². The monoisotopic (exact) mass is 383 g/mol. The molecular weight excluding hydrogens is 366 g/mol. The topological polar surface area (TPSA) is 42.2 Å². The average molecular weight is 384 g/mol. The van der Waals surface area contributed by atoms with Crippen molar-refractivity contribution in [2.75, 3.05) is 5.32 Å². The molecular formula is C20H18BrNO2. The summed E-state index contributed by atoms with van der Waals surface area (Å²) in [5.41, 5.74) is 5.15. The highest BCUT2D eigenvalue weighted by Gasteiger charge is 2.14. The van der Waals surface area contributed by atoms with Gasteiger partial charge < -0.3 is 9.73 Å². The highest BCUT2D eigenvalue weighted by molar-refractivity contribution is 9.10. The van der Waals surface area contributed by atoms with Crippen LogP contribution < -0.4 is 5.32 Å². The quantitative estimate of drug-likeness (QED) is 0.612. The van der Waals surface area contributed by atoms with Gasteiger partial charge in [0.2, 0.25) is 0 Å². The minimum atomic E-state index is -0.254. The third kappa shape index (κ3) is 3.44. The summed E-state index contributed by atoms with van der Waals surface area (Å²) in [6, 6.07) is 15.4. The number of rotatable bonds is 3. The van der Waals surface area contributed by atoms with Crippen LogP contribution in [0.25, 0.3) is 11.3 Å². The fraction of sp³-hybridized carbons (Fsp3) is 0.150. The van der Waals surface area contributed by atoms with Gasteiger partial charge >= 0.3 is 0 Å². The molecule has 4 heteroatoms. The number of anilines is 1. The van der Waals surface area contributed by atoms with E-state index in [-0.39, 0.29) is 5.91 Å². The number of aryl methyl sites for hydroxylation is 3. The Morgan fingerprint density at radius 3 is 2.42 bits per heavy atom. The number of hydrogen-bond acceptors (Lipinski definition) is 2. The first-order chi connectivity index (χ1) is 11.4. The molecule has 0 saturated carbocycles. The summed E-state index contributed by atoms with van der Waals surface area (Å²) < 4.78 is 6.72. The maximum absolute atomic E-state index is 12.4. The smallest absolute Gasteiger partial charge is 0.291 e. The largest absolute Gasteiger partial charge is 0.451 e. The molecule has 1 amide bonds. The number of furan rings is 1. The second-order valence-electron chi connectivity index (χ2n) is 5.88. The fourth-order valence-electron chi connectivity index (χ4n) is 2.46. The standard InChI is InChI=1S/C20H18BrNO2/c1-12-4-5-15(10-13(12)2)18-8-9-19(24-18)20(23)22-17-7-6-16(21)11-14(17)3/h4-11H,1-3H3,(H,22,23). The molecule has 0 spiro atoms. The normalized spacial score (nSPS) is 10.7. The van der Waals surface area contributed by atoms with E-state index < -0.39 is 0 Å². The van der Waals surface area contributed by atoms with Gasteiger partial charge in [-0.2, -0.15) is 0 Å². The van der Waals surface area contributed by atoms with Gasteiger partial charge in [-0.3, -0.25) is 4.79 Å². The van der Waals surface area contributed by atoms with Gasteiger partial charge in [-0.25, -0.2) is 0 Å². The van der Waals surface area contributed by atoms with E-state index in [2.05, 4.69) is 47.2 Å². The van der Waals surface area contributed by atoms with Crippen molar-refractivity contribution in [3.8, 4) is 11.3 Å². The van der Waals surface area contributed by atoms with E-state index in [0.717, 1.165) is 21.3 Å². The highest BCUT2D eigenvalue weighted by Crippen LogP contribution is 2.26. The molecule has 1 N–H and O–H groups in total. The lowest BCUT2D eigenvalue weighted by molar-refractivity contribution is 0.0997. The number of halogens is 1. The summed E-state index contributed by atoms with van der Waals surface area (Å²) in [5, 5.41) is 2.89. The van der Waals surface area contributed by atoms with Crippen LogP contribution in [-0.4, -0.2) is 5.91 Å². The van der Waals surface area contributed by atoms with Crippen molar-refractivity contribution in [1.29, 1.82) is 0 Å². The third-order valence-corrected chi connectivity index (χ3v) is 4.55. The van der Waals surface area contributed by atoms with Gasteiger partial charge in [0.15, 0.2) is 5.76 Å². The maximum atomic E-state index is 12.4. The first-order valence-electron chi connectivity index (χ1n) is 7.69.